The van der Waals surface area contributed by atoms with Gasteiger partial charge in [-0.1, -0.05) is 44.0 Å². The predicted molar refractivity (Wildman–Crippen MR) is 122 cm³/mol. The normalized spacial score (nSPS) is 11.0. The summed E-state index contributed by atoms with van der Waals surface area (Å²) in [6.45, 7) is 4.26. The fraction of sp³-hybridized carbons (Fsp3) is 0.417. The van der Waals surface area contributed by atoms with Crippen LogP contribution in [-0.4, -0.2) is 34.0 Å². The van der Waals surface area contributed by atoms with Gasteiger partial charge < -0.3 is 4.90 Å². The number of anilines is 1. The highest BCUT2D eigenvalue weighted by molar-refractivity contribution is 5.84. The Balaban J connectivity index is 1.58. The molecule has 3 rings (SSSR count). The van der Waals surface area contributed by atoms with E-state index in [2.05, 4.69) is 59.4 Å². The van der Waals surface area contributed by atoms with Gasteiger partial charge in [-0.3, -0.25) is 14.7 Å². The molecule has 1 aromatic heterocycles. The standard InChI is InChI=1S/C24H32N4O2/c1-3-15-28(16-7-5-4-6-8-24(29)26-30)22-13-11-19(12-14-22)20-9-10-21-18-25-27(2)23(21)17-20/h9-14,17-18,30H,3-8,15-16H2,1-2H3,(H,26,29). The van der Waals surface area contributed by atoms with Crippen LogP contribution in [0.15, 0.2) is 48.7 Å². The maximum Gasteiger partial charge on any atom is 0.243 e. The summed E-state index contributed by atoms with van der Waals surface area (Å²) in [6, 6.07) is 15.3. The molecule has 0 unspecified atom stereocenters. The monoisotopic (exact) mass is 408 g/mol. The van der Waals surface area contributed by atoms with Crippen LogP contribution in [0, 0.1) is 0 Å². The number of rotatable bonds is 11. The molecule has 160 valence electrons. The molecular weight excluding hydrogens is 376 g/mol. The molecule has 1 heterocycles. The number of carbonyl (C=O) groups excluding carboxylic acids is 1. The van der Waals surface area contributed by atoms with Gasteiger partial charge in [0.2, 0.25) is 5.91 Å². The maximum atomic E-state index is 11.0. The van der Waals surface area contributed by atoms with Crippen molar-refractivity contribution in [1.82, 2.24) is 15.3 Å². The third kappa shape index (κ3) is 5.60. The van der Waals surface area contributed by atoms with Gasteiger partial charge in [-0.15, -0.1) is 0 Å². The second-order valence-corrected chi connectivity index (χ2v) is 7.77. The number of benzene rings is 2. The lowest BCUT2D eigenvalue weighted by Crippen LogP contribution is -2.25. The first kappa shape index (κ1) is 21.8. The zero-order chi connectivity index (χ0) is 21.3. The lowest BCUT2D eigenvalue weighted by molar-refractivity contribution is -0.129. The minimum Gasteiger partial charge on any atom is -0.372 e. The van der Waals surface area contributed by atoms with Crippen molar-refractivity contribution in [2.75, 3.05) is 18.0 Å². The molecule has 1 amide bonds. The van der Waals surface area contributed by atoms with Crippen LogP contribution in [0.4, 0.5) is 5.69 Å². The van der Waals surface area contributed by atoms with Gasteiger partial charge in [-0.2, -0.15) is 5.10 Å². The molecule has 30 heavy (non-hydrogen) atoms. The van der Waals surface area contributed by atoms with Crippen molar-refractivity contribution in [2.45, 2.75) is 45.4 Å². The van der Waals surface area contributed by atoms with E-state index in [1.165, 1.54) is 16.8 Å². The number of hydrogen-bond acceptors (Lipinski definition) is 4. The highest BCUT2D eigenvalue weighted by Crippen LogP contribution is 2.26. The van der Waals surface area contributed by atoms with Crippen molar-refractivity contribution in [3.05, 3.63) is 48.7 Å². The molecule has 3 aromatic rings. The van der Waals surface area contributed by atoms with E-state index in [0.717, 1.165) is 56.1 Å². The molecule has 0 saturated heterocycles. The van der Waals surface area contributed by atoms with Crippen LogP contribution in [0.1, 0.15) is 45.4 Å². The Hall–Kier alpha value is -2.86. The first-order valence-corrected chi connectivity index (χ1v) is 10.8. The fourth-order valence-corrected chi connectivity index (χ4v) is 3.83. The summed E-state index contributed by atoms with van der Waals surface area (Å²) in [5, 5.41) is 14.0. The number of nitrogens with zero attached hydrogens (tertiary/aromatic N) is 3. The van der Waals surface area contributed by atoms with E-state index in [0.29, 0.717) is 6.42 Å². The van der Waals surface area contributed by atoms with Crippen LogP contribution >= 0.6 is 0 Å². The van der Waals surface area contributed by atoms with Gasteiger partial charge in [0, 0.05) is 37.6 Å². The molecule has 0 saturated carbocycles. The van der Waals surface area contributed by atoms with Crippen molar-refractivity contribution < 1.29 is 10.0 Å². The predicted octanol–water partition coefficient (Wildman–Crippen LogP) is 4.91. The van der Waals surface area contributed by atoms with Gasteiger partial charge in [0.1, 0.15) is 0 Å². The SMILES string of the molecule is CCCN(CCCCCCC(=O)NO)c1ccc(-c2ccc3cnn(C)c3c2)cc1. The van der Waals surface area contributed by atoms with E-state index in [9.17, 15) is 4.79 Å². The van der Waals surface area contributed by atoms with Crippen LogP contribution in [0.2, 0.25) is 0 Å². The summed E-state index contributed by atoms with van der Waals surface area (Å²) in [4.78, 5) is 13.5. The first-order valence-electron chi connectivity index (χ1n) is 10.8. The second-order valence-electron chi connectivity index (χ2n) is 7.77. The number of carbonyl (C=O) groups is 1. The molecule has 0 bridgehead atoms. The van der Waals surface area contributed by atoms with Gasteiger partial charge in [0.25, 0.3) is 0 Å². The van der Waals surface area contributed by atoms with Crippen molar-refractivity contribution in [2.24, 2.45) is 7.05 Å². The number of aromatic nitrogens is 2. The van der Waals surface area contributed by atoms with Crippen LogP contribution < -0.4 is 10.4 Å². The van der Waals surface area contributed by atoms with E-state index in [1.807, 2.05) is 17.9 Å². The molecular formula is C24H32N4O2. The minimum absolute atomic E-state index is 0.301. The quantitative estimate of drug-likeness (QED) is 0.269. The number of hydroxylamine groups is 1. The van der Waals surface area contributed by atoms with Crippen LogP contribution in [-0.2, 0) is 11.8 Å². The maximum absolute atomic E-state index is 11.0. The molecule has 0 spiro atoms. The molecule has 0 radical (unpaired) electrons. The Bertz CT molecular complexity index is 949. The average Bonchev–Trinajstić information content (AvgIpc) is 3.15. The number of fused-ring (bicyclic) bond motifs is 1. The molecule has 0 aliphatic heterocycles. The van der Waals surface area contributed by atoms with E-state index in [-0.39, 0.29) is 5.91 Å². The summed E-state index contributed by atoms with van der Waals surface area (Å²) < 4.78 is 1.91. The number of hydrogen-bond donors (Lipinski definition) is 2. The molecule has 2 aromatic carbocycles. The van der Waals surface area contributed by atoms with Gasteiger partial charge in [-0.05, 0) is 48.6 Å². The van der Waals surface area contributed by atoms with Crippen molar-refractivity contribution in [3.8, 4) is 11.1 Å². The Morgan fingerprint density at radius 2 is 1.77 bits per heavy atom. The van der Waals surface area contributed by atoms with E-state index in [4.69, 9.17) is 5.21 Å². The molecule has 0 aliphatic carbocycles. The zero-order valence-corrected chi connectivity index (χ0v) is 18.0. The van der Waals surface area contributed by atoms with Gasteiger partial charge >= 0.3 is 0 Å². The highest BCUT2D eigenvalue weighted by atomic mass is 16.5. The van der Waals surface area contributed by atoms with Gasteiger partial charge in [0.15, 0.2) is 0 Å². The Morgan fingerprint density at radius 3 is 2.50 bits per heavy atom. The Kier molecular flexibility index (Phi) is 7.85. The summed E-state index contributed by atoms with van der Waals surface area (Å²) in [7, 11) is 1.97. The number of nitrogens with one attached hydrogen (secondary N) is 1. The molecule has 0 aliphatic rings. The minimum atomic E-state index is -0.301. The summed E-state index contributed by atoms with van der Waals surface area (Å²) in [5.74, 6) is -0.301. The first-order chi connectivity index (χ1) is 14.6. The molecule has 0 fully saturated rings. The van der Waals surface area contributed by atoms with Crippen molar-refractivity contribution in [1.29, 1.82) is 0 Å². The van der Waals surface area contributed by atoms with Crippen molar-refractivity contribution >= 4 is 22.5 Å². The molecule has 6 heteroatoms. The van der Waals surface area contributed by atoms with Gasteiger partial charge in [-0.25, -0.2) is 5.48 Å². The Morgan fingerprint density at radius 1 is 1.03 bits per heavy atom. The highest BCUT2D eigenvalue weighted by Gasteiger charge is 2.08. The van der Waals surface area contributed by atoms with E-state index >= 15 is 0 Å². The smallest absolute Gasteiger partial charge is 0.243 e. The zero-order valence-electron chi connectivity index (χ0n) is 18.0. The number of amides is 1. The summed E-state index contributed by atoms with van der Waals surface area (Å²) in [5.41, 5.74) is 6.49. The summed E-state index contributed by atoms with van der Waals surface area (Å²) in [6.07, 6.45) is 7.39. The number of aryl methyl sites for hydroxylation is 1. The van der Waals surface area contributed by atoms with Crippen LogP contribution in [0.3, 0.4) is 0 Å². The molecule has 0 atom stereocenters. The Labute approximate surface area is 178 Å². The average molecular weight is 409 g/mol. The van der Waals surface area contributed by atoms with Crippen LogP contribution in [0.5, 0.6) is 0 Å². The molecule has 6 nitrogen and oxygen atoms in total. The third-order valence-electron chi connectivity index (χ3n) is 5.51. The van der Waals surface area contributed by atoms with Gasteiger partial charge in [0.05, 0.1) is 11.7 Å². The van der Waals surface area contributed by atoms with E-state index in [1.54, 1.807) is 5.48 Å². The van der Waals surface area contributed by atoms with Crippen molar-refractivity contribution in [3.63, 3.8) is 0 Å². The van der Waals surface area contributed by atoms with E-state index < -0.39 is 0 Å². The lowest BCUT2D eigenvalue weighted by atomic mass is 10.0. The lowest BCUT2D eigenvalue weighted by Gasteiger charge is -2.24. The van der Waals surface area contributed by atoms with Crippen LogP contribution in [0.25, 0.3) is 22.0 Å². The summed E-state index contributed by atoms with van der Waals surface area (Å²) >= 11 is 0. The second kappa shape index (κ2) is 10.8. The molecule has 2 N–H and O–H groups in total. The third-order valence-corrected chi connectivity index (χ3v) is 5.51. The fourth-order valence-electron chi connectivity index (χ4n) is 3.83. The topological polar surface area (TPSA) is 70.4 Å². The number of unbranched alkanes of at least 4 members (excludes halogenated alkanes) is 3. The largest absolute Gasteiger partial charge is 0.372 e.